The van der Waals surface area contributed by atoms with Crippen LogP contribution in [0.1, 0.15) is 69.6 Å². The summed E-state index contributed by atoms with van der Waals surface area (Å²) in [5.41, 5.74) is 19.5. The number of imidazole rings is 2. The molecule has 6 aromatic rings. The lowest BCUT2D eigenvalue weighted by atomic mass is 10.1. The molecule has 17 heteroatoms. The van der Waals surface area contributed by atoms with E-state index in [1.165, 1.54) is 0 Å². The maximum Gasteiger partial charge on any atom is 0.276 e. The third-order valence-corrected chi connectivity index (χ3v) is 10.9. The number of Topliss-reactive ketones (excluding diaryl/α,β-unsaturated/α-hetero) is 1. The Labute approximate surface area is 361 Å². The number of carbonyl (C=O) groups is 2. The Hall–Kier alpha value is -6.72. The second-order valence-corrected chi connectivity index (χ2v) is 15.4. The van der Waals surface area contributed by atoms with Gasteiger partial charge in [0.1, 0.15) is 39.7 Å². The third-order valence-electron chi connectivity index (χ3n) is 10.9. The average molecular weight is 844 g/mol. The number of rotatable bonds is 19. The number of nitrogens with zero attached hydrogens (tertiary/aromatic N) is 9. The van der Waals surface area contributed by atoms with Crippen molar-refractivity contribution in [2.24, 2.45) is 11.5 Å². The molecular weight excluding hydrogens is 787 g/mol. The summed E-state index contributed by atoms with van der Waals surface area (Å²) in [5.74, 6) is 1.52. The van der Waals surface area contributed by atoms with Crippen molar-refractivity contribution in [1.29, 1.82) is 0 Å². The predicted octanol–water partition coefficient (Wildman–Crippen LogP) is 4.91. The topological polar surface area (TPSA) is 203 Å². The van der Waals surface area contributed by atoms with Crippen molar-refractivity contribution in [2.75, 3.05) is 51.8 Å². The first-order valence-electron chi connectivity index (χ1n) is 21.0. The molecule has 1 saturated heterocycles. The van der Waals surface area contributed by atoms with Gasteiger partial charge in [-0.25, -0.2) is 9.97 Å². The van der Waals surface area contributed by atoms with Crippen LogP contribution in [0.3, 0.4) is 0 Å². The van der Waals surface area contributed by atoms with Gasteiger partial charge in [0.15, 0.2) is 5.78 Å². The molecule has 4 aromatic heterocycles. The first-order chi connectivity index (χ1) is 29.9. The normalized spacial score (nSPS) is 13.4. The number of ether oxygens (including phenoxy) is 2. The molecule has 0 bridgehead atoms. The molecule has 0 unspecified atom stereocenters. The summed E-state index contributed by atoms with van der Waals surface area (Å²) < 4.78 is 19.7. The maximum absolute atomic E-state index is 14.0. The van der Waals surface area contributed by atoms with Crippen molar-refractivity contribution in [3.8, 4) is 11.5 Å². The lowest BCUT2D eigenvalue weighted by molar-refractivity contribution is 0.0977. The van der Waals surface area contributed by atoms with E-state index in [9.17, 15) is 9.59 Å². The Morgan fingerprint density at radius 2 is 1.40 bits per heavy atom. The molecule has 2 aromatic carbocycles. The number of methoxy groups -OCH3 is 1. The second kappa shape index (κ2) is 18.9. The largest absolute Gasteiger partial charge is 0.494 e. The van der Waals surface area contributed by atoms with Crippen LogP contribution in [0.4, 0.5) is 5.95 Å². The maximum atomic E-state index is 14.0. The molecule has 0 spiro atoms. The van der Waals surface area contributed by atoms with Crippen LogP contribution in [-0.4, -0.2) is 102 Å². The fraction of sp³-hybridized carbons (Fsp3) is 0.378. The summed E-state index contributed by atoms with van der Waals surface area (Å²) >= 11 is 0. The molecule has 0 radical (unpaired) electrons. The van der Waals surface area contributed by atoms with Crippen LogP contribution in [0, 0.1) is 13.8 Å². The van der Waals surface area contributed by atoms with E-state index >= 15 is 0 Å². The number of aryl methyl sites for hydroxylation is 4. The Bertz CT molecular complexity index is 2670. The first kappa shape index (κ1) is 43.4. The van der Waals surface area contributed by atoms with E-state index < -0.39 is 0 Å². The van der Waals surface area contributed by atoms with Crippen LogP contribution in [0.5, 0.6) is 11.5 Å². The summed E-state index contributed by atoms with van der Waals surface area (Å²) in [6.45, 7) is 22.6. The van der Waals surface area contributed by atoms with Crippen molar-refractivity contribution in [3.05, 3.63) is 101 Å². The van der Waals surface area contributed by atoms with Gasteiger partial charge in [-0.1, -0.05) is 25.3 Å². The van der Waals surface area contributed by atoms with E-state index in [0.717, 1.165) is 56.0 Å². The Morgan fingerprint density at radius 1 is 0.823 bits per heavy atom. The van der Waals surface area contributed by atoms with Crippen molar-refractivity contribution in [2.45, 2.75) is 66.7 Å². The van der Waals surface area contributed by atoms with E-state index in [1.807, 2.05) is 73.2 Å². The van der Waals surface area contributed by atoms with Gasteiger partial charge in [0.05, 0.1) is 42.6 Å². The predicted molar refractivity (Wildman–Crippen MR) is 242 cm³/mol. The lowest BCUT2D eigenvalue weighted by Gasteiger charge is -2.27. The van der Waals surface area contributed by atoms with Crippen LogP contribution in [0.25, 0.3) is 33.5 Å². The molecule has 0 saturated carbocycles. The number of piperazine rings is 1. The van der Waals surface area contributed by atoms with E-state index in [4.69, 9.17) is 30.9 Å². The smallest absolute Gasteiger partial charge is 0.276 e. The molecule has 1 amide bonds. The molecule has 0 aliphatic carbocycles. The summed E-state index contributed by atoms with van der Waals surface area (Å²) in [4.78, 5) is 40.0. The molecule has 7 rings (SSSR count). The Morgan fingerprint density at radius 3 is 2.03 bits per heavy atom. The molecule has 1 aliphatic rings. The number of nitrogens with one attached hydrogen (secondary N) is 2. The minimum Gasteiger partial charge on any atom is -0.494 e. The summed E-state index contributed by atoms with van der Waals surface area (Å²) in [6, 6.07) is 11.0. The number of benzene rings is 2. The molecule has 62 heavy (non-hydrogen) atoms. The van der Waals surface area contributed by atoms with Crippen LogP contribution >= 0.6 is 0 Å². The SMILES string of the molecule is C=C(N)c1cc(OCCCN2CCNCC2)c2c(c1)nc(CC(=O)c1cc(C)nn1CC)n2C/C=C/Cn1c(NC(=O)c2cc(C)nn2CC)nc2cc(C(=C)N)cc(OC)c21. The number of nitrogens with two attached hydrogens (primary N) is 2. The van der Waals surface area contributed by atoms with Gasteiger partial charge < -0.3 is 40.3 Å². The highest BCUT2D eigenvalue weighted by Gasteiger charge is 2.23. The van der Waals surface area contributed by atoms with Gasteiger partial charge >= 0.3 is 0 Å². The van der Waals surface area contributed by atoms with E-state index in [-0.39, 0.29) is 18.1 Å². The van der Waals surface area contributed by atoms with Crippen molar-refractivity contribution >= 4 is 51.1 Å². The van der Waals surface area contributed by atoms with E-state index in [2.05, 4.69) is 38.9 Å². The highest BCUT2D eigenvalue weighted by atomic mass is 16.5. The zero-order valence-electron chi connectivity index (χ0n) is 36.3. The van der Waals surface area contributed by atoms with Crippen LogP contribution in [0.2, 0.25) is 0 Å². The quantitative estimate of drug-likeness (QED) is 0.0488. The number of carbonyl (C=O) groups excluding carboxylic acids is 2. The number of allylic oxidation sites excluding steroid dienone is 2. The summed E-state index contributed by atoms with van der Waals surface area (Å²) in [7, 11) is 1.57. The molecule has 17 nitrogen and oxygen atoms in total. The Kier molecular flexibility index (Phi) is 13.2. The average Bonchev–Trinajstić information content (AvgIpc) is 4.03. The molecule has 326 valence electrons. The van der Waals surface area contributed by atoms with Crippen LogP contribution < -0.4 is 31.6 Å². The zero-order valence-corrected chi connectivity index (χ0v) is 36.3. The minimum absolute atomic E-state index is 0.0249. The molecule has 0 atom stereocenters. The van der Waals surface area contributed by atoms with Crippen molar-refractivity contribution < 1.29 is 19.1 Å². The molecular formula is C45H57N13O4. The molecule has 5 heterocycles. The fourth-order valence-corrected chi connectivity index (χ4v) is 7.89. The summed E-state index contributed by atoms with van der Waals surface area (Å²) in [6.07, 6.45) is 4.83. The van der Waals surface area contributed by atoms with Gasteiger partial charge in [0, 0.05) is 81.4 Å². The second-order valence-electron chi connectivity index (χ2n) is 15.4. The number of fused-ring (bicyclic) bond motifs is 2. The fourth-order valence-electron chi connectivity index (χ4n) is 7.89. The number of hydrogen-bond acceptors (Lipinski definition) is 12. The van der Waals surface area contributed by atoms with Gasteiger partial charge in [0.2, 0.25) is 5.95 Å². The molecule has 6 N–H and O–H groups in total. The monoisotopic (exact) mass is 843 g/mol. The highest BCUT2D eigenvalue weighted by molar-refractivity contribution is 6.03. The summed E-state index contributed by atoms with van der Waals surface area (Å²) in [5, 5.41) is 15.4. The van der Waals surface area contributed by atoms with Gasteiger partial charge in [-0.2, -0.15) is 10.2 Å². The van der Waals surface area contributed by atoms with Gasteiger partial charge in [-0.15, -0.1) is 0 Å². The molecule has 1 aliphatic heterocycles. The number of hydrogen-bond donors (Lipinski definition) is 4. The third kappa shape index (κ3) is 9.28. The van der Waals surface area contributed by atoms with Crippen LogP contribution in [0.15, 0.2) is 61.7 Å². The zero-order chi connectivity index (χ0) is 44.1. The van der Waals surface area contributed by atoms with Crippen molar-refractivity contribution in [1.82, 2.24) is 48.9 Å². The number of ketones is 1. The number of aromatic nitrogens is 8. The lowest BCUT2D eigenvalue weighted by Crippen LogP contribution is -2.43. The standard InChI is InChI=1S/C45H57N13O4/c1-8-57-36(21-28(3)52-57)38(59)27-41-49-34-23-33(31(6)47)26-40(62-20-12-15-54-18-13-48-14-19-54)43(34)55(41)16-10-11-17-56-42-35(24-32(30(5)46)25-39(42)61-7)50-45(56)51-44(60)37-22-29(4)53-58(37)9-2/h10-11,21-26,48H,5-6,8-9,12-20,27,46-47H2,1-4,7H3,(H,50,51,60)/b11-10+. The number of anilines is 1. The highest BCUT2D eigenvalue weighted by Crippen LogP contribution is 2.34. The first-order valence-corrected chi connectivity index (χ1v) is 21.0. The van der Waals surface area contributed by atoms with E-state index in [1.54, 1.807) is 28.6 Å². The van der Waals surface area contributed by atoms with Gasteiger partial charge in [-0.3, -0.25) is 24.3 Å². The van der Waals surface area contributed by atoms with Crippen LogP contribution in [-0.2, 0) is 32.6 Å². The van der Waals surface area contributed by atoms with Gasteiger partial charge in [-0.05, 0) is 70.5 Å². The number of amides is 1. The van der Waals surface area contributed by atoms with Gasteiger partial charge in [0.25, 0.3) is 5.91 Å². The molecule has 1 fully saturated rings. The van der Waals surface area contributed by atoms with E-state index in [0.29, 0.717) is 107 Å². The Balaban J connectivity index is 1.25. The van der Waals surface area contributed by atoms with Crippen molar-refractivity contribution in [3.63, 3.8) is 0 Å². The minimum atomic E-state index is -0.353.